The minimum atomic E-state index is -0.472. The highest BCUT2D eigenvalue weighted by Crippen LogP contribution is 2.42. The quantitative estimate of drug-likeness (QED) is 0.429. The number of para-hydroxylation sites is 2. The van der Waals surface area contributed by atoms with Gasteiger partial charge in [0.05, 0.1) is 20.3 Å². The lowest BCUT2D eigenvalue weighted by Crippen LogP contribution is -2.45. The molecule has 1 aliphatic heterocycles. The Balaban J connectivity index is 1.61. The Bertz CT molecular complexity index is 1280. The third-order valence-corrected chi connectivity index (χ3v) is 6.16. The van der Waals surface area contributed by atoms with Crippen molar-refractivity contribution in [1.29, 1.82) is 0 Å². The van der Waals surface area contributed by atoms with Gasteiger partial charge in [0, 0.05) is 28.6 Å². The molecule has 1 aliphatic rings. The summed E-state index contributed by atoms with van der Waals surface area (Å²) >= 11 is 0. The zero-order chi connectivity index (χ0) is 22.8. The van der Waals surface area contributed by atoms with Crippen molar-refractivity contribution in [1.82, 2.24) is 10.3 Å². The van der Waals surface area contributed by atoms with E-state index in [0.717, 1.165) is 33.3 Å². The molecular weight excluding hydrogens is 416 g/mol. The van der Waals surface area contributed by atoms with E-state index in [2.05, 4.69) is 22.4 Å². The Kier molecular flexibility index (Phi) is 5.75. The molecule has 6 heteroatoms. The van der Waals surface area contributed by atoms with Gasteiger partial charge >= 0.3 is 5.97 Å². The Morgan fingerprint density at radius 2 is 1.76 bits per heavy atom. The summed E-state index contributed by atoms with van der Waals surface area (Å²) in [5.74, 6) is 1.00. The van der Waals surface area contributed by atoms with Crippen LogP contribution in [0.3, 0.4) is 0 Å². The monoisotopic (exact) mass is 442 g/mol. The number of fused-ring (bicyclic) bond motifs is 3. The molecule has 4 aromatic rings. The number of carbonyl (C=O) groups excluding carboxylic acids is 1. The van der Waals surface area contributed by atoms with Crippen LogP contribution >= 0.6 is 0 Å². The fourth-order valence-electron chi connectivity index (χ4n) is 4.58. The van der Waals surface area contributed by atoms with E-state index in [-0.39, 0.29) is 12.0 Å². The topological polar surface area (TPSA) is 72.6 Å². The molecular formula is C27H26N2O4. The number of carbonyl (C=O) groups is 1. The van der Waals surface area contributed by atoms with Gasteiger partial charge in [-0.1, -0.05) is 60.7 Å². The predicted molar refractivity (Wildman–Crippen MR) is 127 cm³/mol. The van der Waals surface area contributed by atoms with Gasteiger partial charge in [0.15, 0.2) is 11.5 Å². The maximum Gasteiger partial charge on any atom is 0.323 e. The van der Waals surface area contributed by atoms with Gasteiger partial charge < -0.3 is 19.2 Å². The Hall–Kier alpha value is -3.77. The minimum absolute atomic E-state index is 0.286. The normalized spacial score (nSPS) is 17.4. The smallest absolute Gasteiger partial charge is 0.323 e. The standard InChI is InChI=1S/C27H26N2O4/c1-31-23-14-8-12-19(26(23)33-16-17-9-4-3-5-10-17)24-25-20(15-22(29-24)27(30)32-2)18-11-6-7-13-21(18)28-25/h3-14,22,24,28-29H,15-16H2,1-2H3. The summed E-state index contributed by atoms with van der Waals surface area (Å²) in [4.78, 5) is 16.1. The molecule has 168 valence electrons. The van der Waals surface area contributed by atoms with E-state index in [1.165, 1.54) is 7.11 Å². The first kappa shape index (κ1) is 21.1. The van der Waals surface area contributed by atoms with Crippen LogP contribution in [0, 0.1) is 0 Å². The van der Waals surface area contributed by atoms with Gasteiger partial charge in [0.1, 0.15) is 12.6 Å². The van der Waals surface area contributed by atoms with E-state index < -0.39 is 6.04 Å². The number of H-pyrrole nitrogens is 1. The highest BCUT2D eigenvalue weighted by atomic mass is 16.5. The molecule has 0 saturated carbocycles. The van der Waals surface area contributed by atoms with Crippen molar-refractivity contribution in [3.8, 4) is 11.5 Å². The first-order chi connectivity index (χ1) is 16.2. The summed E-state index contributed by atoms with van der Waals surface area (Å²) < 4.78 is 17.1. The molecule has 5 rings (SSSR count). The van der Waals surface area contributed by atoms with Gasteiger partial charge in [-0.05, 0) is 23.3 Å². The lowest BCUT2D eigenvalue weighted by atomic mass is 9.89. The van der Waals surface area contributed by atoms with Crippen molar-refractivity contribution in [3.63, 3.8) is 0 Å². The number of rotatable bonds is 6. The first-order valence-corrected chi connectivity index (χ1v) is 11.0. The molecule has 0 aliphatic carbocycles. The van der Waals surface area contributed by atoms with Crippen LogP contribution in [0.5, 0.6) is 11.5 Å². The average Bonchev–Trinajstić information content (AvgIpc) is 3.25. The summed E-state index contributed by atoms with van der Waals surface area (Å²) in [5, 5.41) is 4.60. The van der Waals surface area contributed by atoms with Crippen LogP contribution in [0.15, 0.2) is 72.8 Å². The van der Waals surface area contributed by atoms with Gasteiger partial charge in [-0.2, -0.15) is 0 Å². The largest absolute Gasteiger partial charge is 0.493 e. The molecule has 2 atom stereocenters. The molecule has 2 heterocycles. The molecule has 6 nitrogen and oxygen atoms in total. The number of hydrogen-bond donors (Lipinski definition) is 2. The van der Waals surface area contributed by atoms with Gasteiger partial charge in [-0.3, -0.25) is 10.1 Å². The summed E-state index contributed by atoms with van der Waals surface area (Å²) in [5.41, 5.74) is 5.13. The van der Waals surface area contributed by atoms with Crippen molar-refractivity contribution in [2.75, 3.05) is 14.2 Å². The molecule has 0 amide bonds. The fourth-order valence-corrected chi connectivity index (χ4v) is 4.58. The van der Waals surface area contributed by atoms with Crippen LogP contribution in [0.1, 0.15) is 28.4 Å². The van der Waals surface area contributed by atoms with Crippen molar-refractivity contribution < 1.29 is 19.0 Å². The number of aromatic amines is 1. The van der Waals surface area contributed by atoms with Crippen LogP contribution in [-0.4, -0.2) is 31.2 Å². The number of nitrogens with one attached hydrogen (secondary N) is 2. The van der Waals surface area contributed by atoms with Crippen LogP contribution in [-0.2, 0) is 22.6 Å². The number of benzene rings is 3. The highest BCUT2D eigenvalue weighted by Gasteiger charge is 2.36. The van der Waals surface area contributed by atoms with Crippen molar-refractivity contribution in [2.45, 2.75) is 25.1 Å². The van der Waals surface area contributed by atoms with E-state index >= 15 is 0 Å². The number of aromatic nitrogens is 1. The second-order valence-electron chi connectivity index (χ2n) is 8.10. The molecule has 2 N–H and O–H groups in total. The Morgan fingerprint density at radius 3 is 2.55 bits per heavy atom. The molecule has 3 aromatic carbocycles. The molecule has 0 fully saturated rings. The van der Waals surface area contributed by atoms with Gasteiger partial charge in [-0.25, -0.2) is 0 Å². The summed E-state index contributed by atoms with van der Waals surface area (Å²) in [7, 11) is 3.05. The second-order valence-corrected chi connectivity index (χ2v) is 8.10. The lowest BCUT2D eigenvalue weighted by molar-refractivity contribution is -0.143. The first-order valence-electron chi connectivity index (χ1n) is 11.0. The fraction of sp³-hybridized carbons (Fsp3) is 0.222. The zero-order valence-corrected chi connectivity index (χ0v) is 18.6. The number of methoxy groups -OCH3 is 2. The summed E-state index contributed by atoms with van der Waals surface area (Å²) in [6, 6.07) is 23.2. The predicted octanol–water partition coefficient (Wildman–Crippen LogP) is 4.53. The molecule has 0 bridgehead atoms. The third-order valence-electron chi connectivity index (χ3n) is 6.16. The SMILES string of the molecule is COC(=O)C1Cc2c([nH]c3ccccc23)C(c2cccc(OC)c2OCc2ccccc2)N1. The average molecular weight is 443 g/mol. The third kappa shape index (κ3) is 3.94. The molecule has 1 aromatic heterocycles. The highest BCUT2D eigenvalue weighted by molar-refractivity contribution is 5.87. The number of ether oxygens (including phenoxy) is 3. The van der Waals surface area contributed by atoms with Crippen molar-refractivity contribution >= 4 is 16.9 Å². The van der Waals surface area contributed by atoms with E-state index in [0.29, 0.717) is 24.5 Å². The lowest BCUT2D eigenvalue weighted by Gasteiger charge is -2.31. The van der Waals surface area contributed by atoms with Crippen LogP contribution < -0.4 is 14.8 Å². The van der Waals surface area contributed by atoms with E-state index in [1.807, 2.05) is 60.7 Å². The number of hydrogen-bond acceptors (Lipinski definition) is 5. The van der Waals surface area contributed by atoms with Crippen molar-refractivity contribution in [3.05, 3.63) is 95.2 Å². The Morgan fingerprint density at radius 1 is 0.970 bits per heavy atom. The van der Waals surface area contributed by atoms with E-state index in [1.54, 1.807) is 7.11 Å². The van der Waals surface area contributed by atoms with Crippen molar-refractivity contribution in [2.24, 2.45) is 0 Å². The van der Waals surface area contributed by atoms with E-state index in [9.17, 15) is 4.79 Å². The zero-order valence-electron chi connectivity index (χ0n) is 18.6. The molecule has 0 saturated heterocycles. The Labute approximate surface area is 192 Å². The second kappa shape index (κ2) is 9.00. The molecule has 2 unspecified atom stereocenters. The van der Waals surface area contributed by atoms with Crippen LogP contribution in [0.25, 0.3) is 10.9 Å². The maximum atomic E-state index is 12.6. The molecule has 0 radical (unpaired) electrons. The maximum absolute atomic E-state index is 12.6. The number of esters is 1. The molecule has 33 heavy (non-hydrogen) atoms. The van der Waals surface area contributed by atoms with Gasteiger partial charge in [-0.15, -0.1) is 0 Å². The van der Waals surface area contributed by atoms with Gasteiger partial charge in [0.2, 0.25) is 0 Å². The van der Waals surface area contributed by atoms with Crippen LogP contribution in [0.4, 0.5) is 0 Å². The van der Waals surface area contributed by atoms with Crippen LogP contribution in [0.2, 0.25) is 0 Å². The van der Waals surface area contributed by atoms with Gasteiger partial charge in [0.25, 0.3) is 0 Å². The van der Waals surface area contributed by atoms with E-state index in [4.69, 9.17) is 14.2 Å². The minimum Gasteiger partial charge on any atom is -0.493 e. The molecule has 0 spiro atoms. The summed E-state index contributed by atoms with van der Waals surface area (Å²) in [6.45, 7) is 0.404. The summed E-state index contributed by atoms with van der Waals surface area (Å²) in [6.07, 6.45) is 0.548.